The molecule has 21 heavy (non-hydrogen) atoms. The minimum absolute atomic E-state index is 0. The van der Waals surface area contributed by atoms with Crippen molar-refractivity contribution in [1.82, 2.24) is 0 Å². The van der Waals surface area contributed by atoms with E-state index >= 15 is 0 Å². The van der Waals surface area contributed by atoms with Crippen molar-refractivity contribution < 1.29 is 58.5 Å². The van der Waals surface area contributed by atoms with E-state index in [9.17, 15) is 0 Å². The maximum absolute atomic E-state index is 8.93. The summed E-state index contributed by atoms with van der Waals surface area (Å²) in [5, 5.41) is 8.93. The summed E-state index contributed by atoms with van der Waals surface area (Å²) in [6.07, 6.45) is 0. The van der Waals surface area contributed by atoms with Gasteiger partial charge < -0.3 is 43.9 Å². The Balaban J connectivity index is 0. The van der Waals surface area contributed by atoms with Gasteiger partial charge in [-0.15, -0.1) is 0 Å². The molecule has 2 rings (SSSR count). The fourth-order valence-electron chi connectivity index (χ4n) is 2.00. The molecule has 0 spiro atoms. The molecule has 0 unspecified atom stereocenters. The van der Waals surface area contributed by atoms with E-state index in [-0.39, 0.29) is 44.3 Å². The van der Waals surface area contributed by atoms with Crippen LogP contribution in [0.3, 0.4) is 0 Å². The van der Waals surface area contributed by atoms with E-state index in [0.717, 1.165) is 18.8 Å². The number of ether oxygens (including phenoxy) is 3. The van der Waals surface area contributed by atoms with Crippen LogP contribution in [0.5, 0.6) is 11.5 Å². The number of nitrogens with zero attached hydrogens (tertiary/aromatic N) is 3. The zero-order valence-electron chi connectivity index (χ0n) is 12.0. The summed E-state index contributed by atoms with van der Waals surface area (Å²) in [6.45, 7) is 2.99. The molecule has 0 atom stereocenters. The van der Waals surface area contributed by atoms with E-state index < -0.39 is 0 Å². The molecule has 1 heterocycles. The van der Waals surface area contributed by atoms with Crippen molar-refractivity contribution in [3.8, 4) is 11.5 Å². The van der Waals surface area contributed by atoms with Crippen molar-refractivity contribution in [2.24, 2.45) is 0 Å². The molecule has 1 aliphatic heterocycles. The number of benzene rings is 1. The molecule has 0 saturated carbocycles. The molecule has 0 aliphatic carbocycles. The summed E-state index contributed by atoms with van der Waals surface area (Å²) >= 11 is 0. The third kappa shape index (κ3) is 5.16. The topological polar surface area (TPSA) is 59.1 Å². The fourth-order valence-corrected chi connectivity index (χ4v) is 2.00. The third-order valence-electron chi connectivity index (χ3n) is 2.94. The summed E-state index contributed by atoms with van der Waals surface area (Å²) < 4.78 is 15.9. The summed E-state index contributed by atoms with van der Waals surface area (Å²) in [7, 11) is 3.13. The zero-order chi connectivity index (χ0) is 13.0. The maximum atomic E-state index is 8.93. The Morgan fingerprint density at radius 2 is 1.67 bits per heavy atom. The Kier molecular flexibility index (Phi) is 11.6. The molecule has 0 radical (unpaired) electrons. The standard InChI is InChI=1S/C12H16N3O3.2ClH.Zn/c1-16-11-8-10(15-3-5-18-6-4-15)12(17-2)7-9(11)14-13;;;/h7-8H,3-6H2,1-2H3;2*1H;/q+1;;;/p-2. The summed E-state index contributed by atoms with van der Waals surface area (Å²) in [5.41, 5.74) is 1.27. The predicted molar refractivity (Wildman–Crippen MR) is 67.3 cm³/mol. The van der Waals surface area contributed by atoms with Crippen LogP contribution < -0.4 is 39.2 Å². The molecular weight excluding hydrogens is 370 g/mol. The van der Waals surface area contributed by atoms with Gasteiger partial charge in [0, 0.05) is 38.6 Å². The van der Waals surface area contributed by atoms with Crippen LogP contribution in [0.1, 0.15) is 0 Å². The van der Waals surface area contributed by atoms with Gasteiger partial charge in [-0.1, -0.05) is 0 Å². The zero-order valence-corrected chi connectivity index (χ0v) is 16.5. The number of anilines is 1. The average molecular weight is 387 g/mol. The van der Waals surface area contributed by atoms with Crippen molar-refractivity contribution >= 4 is 11.4 Å². The van der Waals surface area contributed by atoms with E-state index in [0.29, 0.717) is 30.4 Å². The Morgan fingerprint density at radius 1 is 1.10 bits per heavy atom. The third-order valence-corrected chi connectivity index (χ3v) is 2.94. The number of hydrogen-bond acceptors (Lipinski definition) is 5. The first-order valence-corrected chi connectivity index (χ1v) is 5.74. The van der Waals surface area contributed by atoms with E-state index in [4.69, 9.17) is 19.6 Å². The van der Waals surface area contributed by atoms with Crippen LogP contribution in [0, 0.1) is 5.39 Å². The largest absolute Gasteiger partial charge is 1.00 e. The van der Waals surface area contributed by atoms with E-state index in [2.05, 4.69) is 9.88 Å². The molecule has 0 amide bonds. The average Bonchev–Trinajstić information content (AvgIpc) is 2.46. The number of hydrogen-bond donors (Lipinski definition) is 0. The van der Waals surface area contributed by atoms with Gasteiger partial charge >= 0.3 is 5.69 Å². The van der Waals surface area contributed by atoms with Crippen molar-refractivity contribution in [2.45, 2.75) is 0 Å². The quantitative estimate of drug-likeness (QED) is 0.392. The van der Waals surface area contributed by atoms with Crippen LogP contribution >= 0.6 is 0 Å². The van der Waals surface area contributed by atoms with Gasteiger partial charge in [0.2, 0.25) is 11.1 Å². The van der Waals surface area contributed by atoms with E-state index in [1.807, 2.05) is 6.07 Å². The Bertz CT molecular complexity index is 480. The molecule has 1 aromatic carbocycles. The summed E-state index contributed by atoms with van der Waals surface area (Å²) in [4.78, 5) is 5.35. The molecule has 0 aromatic heterocycles. The number of morpholine rings is 1. The van der Waals surface area contributed by atoms with Crippen molar-refractivity contribution in [2.75, 3.05) is 45.4 Å². The van der Waals surface area contributed by atoms with Crippen LogP contribution in [0.4, 0.5) is 11.4 Å². The molecule has 1 aromatic rings. The summed E-state index contributed by atoms with van der Waals surface area (Å²) in [6, 6.07) is 3.48. The first-order chi connectivity index (χ1) is 8.80. The molecule has 1 aliphatic rings. The van der Waals surface area contributed by atoms with Crippen LogP contribution in [0.25, 0.3) is 4.98 Å². The number of rotatable bonds is 3. The van der Waals surface area contributed by atoms with Crippen molar-refractivity contribution in [1.29, 1.82) is 5.39 Å². The molecule has 0 bridgehead atoms. The van der Waals surface area contributed by atoms with Crippen LogP contribution in [-0.2, 0) is 24.2 Å². The Morgan fingerprint density at radius 3 is 2.14 bits per heavy atom. The number of halogens is 2. The van der Waals surface area contributed by atoms with Crippen LogP contribution in [-0.4, -0.2) is 40.5 Å². The molecule has 1 fully saturated rings. The summed E-state index contributed by atoms with van der Waals surface area (Å²) in [5.74, 6) is 1.17. The van der Waals surface area contributed by atoms with Gasteiger partial charge in [-0.05, 0) is 0 Å². The maximum Gasteiger partial charge on any atom is 0.430 e. The smallest absolute Gasteiger partial charge is 0.430 e. The second-order valence-electron chi connectivity index (χ2n) is 3.90. The van der Waals surface area contributed by atoms with E-state index in [1.54, 1.807) is 20.3 Å². The van der Waals surface area contributed by atoms with Crippen molar-refractivity contribution in [3.63, 3.8) is 0 Å². The number of diazo groups is 1. The van der Waals surface area contributed by atoms with Gasteiger partial charge in [0.25, 0.3) is 0 Å². The molecule has 9 heteroatoms. The van der Waals surface area contributed by atoms with Gasteiger partial charge in [0.05, 0.1) is 39.2 Å². The normalized spacial score (nSPS) is 12.9. The van der Waals surface area contributed by atoms with Crippen LogP contribution in [0.15, 0.2) is 12.1 Å². The monoisotopic (exact) mass is 384 g/mol. The first kappa shape index (κ1) is 22.5. The SMILES string of the molecule is COc1cc(N2CCOCC2)c(OC)cc1[N+]#N.[Cl-].[Cl-].[Zn]. The van der Waals surface area contributed by atoms with Crippen LogP contribution in [0.2, 0.25) is 0 Å². The second kappa shape index (κ2) is 10.9. The second-order valence-corrected chi connectivity index (χ2v) is 3.90. The van der Waals surface area contributed by atoms with Crippen molar-refractivity contribution in [3.05, 3.63) is 17.1 Å². The minimum Gasteiger partial charge on any atom is -1.00 e. The number of methoxy groups -OCH3 is 2. The van der Waals surface area contributed by atoms with Gasteiger partial charge in [-0.25, -0.2) is 0 Å². The Labute approximate surface area is 149 Å². The minimum atomic E-state index is 0. The molecule has 0 N–H and O–H groups in total. The van der Waals surface area contributed by atoms with E-state index in [1.165, 1.54) is 0 Å². The molecule has 114 valence electrons. The Hall–Kier alpha value is -0.797. The van der Waals surface area contributed by atoms with Gasteiger partial charge in [-0.3, -0.25) is 0 Å². The molecule has 1 saturated heterocycles. The fraction of sp³-hybridized carbons (Fsp3) is 0.500. The predicted octanol–water partition coefficient (Wildman–Crippen LogP) is -3.97. The molecular formula is C12H16Cl2N3O3Zn-. The van der Waals surface area contributed by atoms with Gasteiger partial charge in [0.1, 0.15) is 0 Å². The molecule has 6 nitrogen and oxygen atoms in total. The van der Waals surface area contributed by atoms with Gasteiger partial charge in [0.15, 0.2) is 10.7 Å². The van der Waals surface area contributed by atoms with Gasteiger partial charge in [-0.2, -0.15) is 0 Å². The first-order valence-electron chi connectivity index (χ1n) is 5.74.